The van der Waals surface area contributed by atoms with E-state index in [4.69, 9.17) is 0 Å². The number of rotatable bonds is 2. The number of hydrogen-bond donors (Lipinski definition) is 2. The average Bonchev–Trinajstić information content (AvgIpc) is 2.12. The van der Waals surface area contributed by atoms with Crippen molar-refractivity contribution in [3.63, 3.8) is 0 Å². The predicted molar refractivity (Wildman–Crippen MR) is 67.3 cm³/mol. The highest BCUT2D eigenvalue weighted by atomic mass is 16.1. The van der Waals surface area contributed by atoms with Crippen LogP contribution in [0.15, 0.2) is 11.6 Å². The first kappa shape index (κ1) is 13.2. The van der Waals surface area contributed by atoms with E-state index in [1.54, 1.807) is 0 Å². The third-order valence-corrected chi connectivity index (χ3v) is 3.16. The Labute approximate surface area is 98.7 Å². The van der Waals surface area contributed by atoms with E-state index >= 15 is 0 Å². The highest BCUT2D eigenvalue weighted by Gasteiger charge is 2.31. The van der Waals surface area contributed by atoms with Gasteiger partial charge < -0.3 is 10.6 Å². The molecule has 0 aromatic heterocycles. The van der Waals surface area contributed by atoms with Crippen LogP contribution in [-0.2, 0) is 4.79 Å². The van der Waals surface area contributed by atoms with Gasteiger partial charge in [-0.25, -0.2) is 0 Å². The Balaban J connectivity index is 2.58. The van der Waals surface area contributed by atoms with E-state index in [1.165, 1.54) is 0 Å². The van der Waals surface area contributed by atoms with Gasteiger partial charge in [-0.2, -0.15) is 0 Å². The number of hydrogen-bond acceptors (Lipinski definition) is 2. The maximum Gasteiger partial charge on any atom is 0.246 e. The van der Waals surface area contributed by atoms with E-state index in [0.717, 1.165) is 18.4 Å². The molecule has 2 atom stereocenters. The number of piperidine rings is 1. The number of nitrogens with one attached hydrogen (secondary N) is 2. The molecule has 0 aromatic carbocycles. The quantitative estimate of drug-likeness (QED) is 0.704. The van der Waals surface area contributed by atoms with Gasteiger partial charge in [-0.05, 0) is 47.5 Å². The molecule has 3 heteroatoms. The molecule has 1 amide bonds. The van der Waals surface area contributed by atoms with E-state index < -0.39 is 0 Å². The highest BCUT2D eigenvalue weighted by molar-refractivity contribution is 5.92. The minimum Gasteiger partial charge on any atom is -0.349 e. The first-order valence-corrected chi connectivity index (χ1v) is 6.05. The topological polar surface area (TPSA) is 41.1 Å². The molecule has 0 bridgehead atoms. The van der Waals surface area contributed by atoms with Gasteiger partial charge in [0.05, 0.1) is 0 Å². The average molecular weight is 224 g/mol. The van der Waals surface area contributed by atoms with Crippen LogP contribution < -0.4 is 10.6 Å². The molecule has 1 saturated heterocycles. The number of amides is 1. The van der Waals surface area contributed by atoms with Crippen molar-refractivity contribution < 1.29 is 4.79 Å². The van der Waals surface area contributed by atoms with Gasteiger partial charge in [0.1, 0.15) is 0 Å². The Morgan fingerprint density at radius 1 is 1.50 bits per heavy atom. The van der Waals surface area contributed by atoms with Crippen molar-refractivity contribution in [2.75, 3.05) is 0 Å². The molecular weight excluding hydrogens is 200 g/mol. The minimum absolute atomic E-state index is 0.0670. The largest absolute Gasteiger partial charge is 0.349 e. The van der Waals surface area contributed by atoms with Crippen LogP contribution in [0.25, 0.3) is 0 Å². The standard InChI is InChI=1S/C13H24N2O/c1-6-9(2)12(16)14-11-7-10(3)15-13(4,5)8-11/h6,10-11,15H,7-8H2,1-5H3,(H,14,16). The summed E-state index contributed by atoms with van der Waals surface area (Å²) < 4.78 is 0. The number of carbonyl (C=O) groups is 1. The molecule has 0 radical (unpaired) electrons. The molecule has 0 saturated carbocycles. The zero-order valence-electron chi connectivity index (χ0n) is 11.1. The van der Waals surface area contributed by atoms with Crippen LogP contribution >= 0.6 is 0 Å². The molecule has 0 aliphatic carbocycles. The van der Waals surface area contributed by atoms with Crippen molar-refractivity contribution in [2.24, 2.45) is 0 Å². The molecule has 92 valence electrons. The Bertz CT molecular complexity index is 294. The fourth-order valence-electron chi connectivity index (χ4n) is 2.45. The van der Waals surface area contributed by atoms with Crippen molar-refractivity contribution in [3.8, 4) is 0 Å². The van der Waals surface area contributed by atoms with Gasteiger partial charge in [0.2, 0.25) is 5.91 Å². The molecule has 0 aromatic rings. The monoisotopic (exact) mass is 224 g/mol. The normalized spacial score (nSPS) is 29.9. The van der Waals surface area contributed by atoms with E-state index in [9.17, 15) is 4.79 Å². The van der Waals surface area contributed by atoms with Crippen molar-refractivity contribution in [3.05, 3.63) is 11.6 Å². The van der Waals surface area contributed by atoms with Crippen LogP contribution in [0.1, 0.15) is 47.5 Å². The lowest BCUT2D eigenvalue weighted by Crippen LogP contribution is -2.56. The molecule has 1 aliphatic heterocycles. The lowest BCUT2D eigenvalue weighted by molar-refractivity contribution is -0.118. The zero-order valence-corrected chi connectivity index (χ0v) is 11.1. The zero-order chi connectivity index (χ0) is 12.3. The highest BCUT2D eigenvalue weighted by Crippen LogP contribution is 2.22. The summed E-state index contributed by atoms with van der Waals surface area (Å²) in [5, 5.41) is 6.64. The Hall–Kier alpha value is -0.830. The smallest absolute Gasteiger partial charge is 0.246 e. The van der Waals surface area contributed by atoms with Gasteiger partial charge in [-0.3, -0.25) is 4.79 Å². The minimum atomic E-state index is 0.0670. The first-order valence-electron chi connectivity index (χ1n) is 6.05. The fraction of sp³-hybridized carbons (Fsp3) is 0.769. The summed E-state index contributed by atoms with van der Waals surface area (Å²) in [6, 6.07) is 0.744. The second kappa shape index (κ2) is 5.00. The predicted octanol–water partition coefficient (Wildman–Crippen LogP) is 1.99. The molecule has 16 heavy (non-hydrogen) atoms. The molecule has 1 heterocycles. The molecular formula is C13H24N2O. The van der Waals surface area contributed by atoms with E-state index in [1.807, 2.05) is 19.9 Å². The summed E-state index contributed by atoms with van der Waals surface area (Å²) in [6.07, 6.45) is 3.84. The summed E-state index contributed by atoms with van der Waals surface area (Å²) in [5.41, 5.74) is 0.906. The van der Waals surface area contributed by atoms with Gasteiger partial charge in [0.25, 0.3) is 0 Å². The van der Waals surface area contributed by atoms with Crippen molar-refractivity contribution in [2.45, 2.75) is 65.1 Å². The third kappa shape index (κ3) is 3.63. The molecule has 3 nitrogen and oxygen atoms in total. The van der Waals surface area contributed by atoms with Crippen LogP contribution in [0.3, 0.4) is 0 Å². The van der Waals surface area contributed by atoms with Crippen LogP contribution in [0.5, 0.6) is 0 Å². The molecule has 1 rings (SSSR count). The van der Waals surface area contributed by atoms with E-state index in [2.05, 4.69) is 31.4 Å². The lowest BCUT2D eigenvalue weighted by Gasteiger charge is -2.40. The van der Waals surface area contributed by atoms with Crippen LogP contribution in [-0.4, -0.2) is 23.5 Å². The van der Waals surface area contributed by atoms with Crippen molar-refractivity contribution in [1.82, 2.24) is 10.6 Å². The number of carbonyl (C=O) groups excluding carboxylic acids is 1. The maximum atomic E-state index is 11.8. The van der Waals surface area contributed by atoms with Crippen molar-refractivity contribution >= 4 is 5.91 Å². The Morgan fingerprint density at radius 2 is 2.12 bits per heavy atom. The summed E-state index contributed by atoms with van der Waals surface area (Å²) in [6.45, 7) is 10.3. The van der Waals surface area contributed by atoms with Gasteiger partial charge in [0, 0.05) is 23.2 Å². The van der Waals surface area contributed by atoms with Crippen molar-refractivity contribution in [1.29, 1.82) is 0 Å². The van der Waals surface area contributed by atoms with Crippen LogP contribution in [0.2, 0.25) is 0 Å². The van der Waals surface area contributed by atoms with Crippen LogP contribution in [0, 0.1) is 0 Å². The summed E-state index contributed by atoms with van der Waals surface area (Å²) in [7, 11) is 0. The second-order valence-corrected chi connectivity index (χ2v) is 5.51. The van der Waals surface area contributed by atoms with Gasteiger partial charge in [0.15, 0.2) is 0 Å². The third-order valence-electron chi connectivity index (χ3n) is 3.16. The van der Waals surface area contributed by atoms with E-state index in [-0.39, 0.29) is 17.5 Å². The Morgan fingerprint density at radius 3 is 2.62 bits per heavy atom. The van der Waals surface area contributed by atoms with Crippen LogP contribution in [0.4, 0.5) is 0 Å². The Kier molecular flexibility index (Phi) is 4.14. The van der Waals surface area contributed by atoms with E-state index in [0.29, 0.717) is 6.04 Å². The van der Waals surface area contributed by atoms with Gasteiger partial charge in [-0.15, -0.1) is 0 Å². The molecule has 1 fully saturated rings. The number of allylic oxidation sites excluding steroid dienone is 1. The fourth-order valence-corrected chi connectivity index (χ4v) is 2.45. The van der Waals surface area contributed by atoms with Gasteiger partial charge in [-0.1, -0.05) is 6.08 Å². The summed E-state index contributed by atoms with van der Waals surface area (Å²) in [5.74, 6) is 0.0670. The maximum absolute atomic E-state index is 11.8. The molecule has 2 unspecified atom stereocenters. The first-order chi connectivity index (χ1) is 7.34. The molecule has 1 aliphatic rings. The SMILES string of the molecule is CC=C(C)C(=O)NC1CC(C)NC(C)(C)C1. The second-order valence-electron chi connectivity index (χ2n) is 5.51. The molecule has 2 N–H and O–H groups in total. The molecule has 0 spiro atoms. The summed E-state index contributed by atoms with van der Waals surface area (Å²) in [4.78, 5) is 11.8. The lowest BCUT2D eigenvalue weighted by atomic mass is 9.86. The van der Waals surface area contributed by atoms with Gasteiger partial charge >= 0.3 is 0 Å². The summed E-state index contributed by atoms with van der Waals surface area (Å²) >= 11 is 0.